The number of aromatic nitrogens is 1. The average molecular weight is 298 g/mol. The molecule has 1 amide bonds. The van der Waals surface area contributed by atoms with Crippen LogP contribution >= 0.6 is 0 Å². The summed E-state index contributed by atoms with van der Waals surface area (Å²) in [6.45, 7) is 0.739. The Morgan fingerprint density at radius 1 is 1.40 bits per heavy atom. The maximum atomic E-state index is 12.5. The third-order valence-corrected chi connectivity index (χ3v) is 5.43. The summed E-state index contributed by atoms with van der Waals surface area (Å²) >= 11 is 0. The topological polar surface area (TPSA) is 119 Å². The zero-order chi connectivity index (χ0) is 14.8. The summed E-state index contributed by atoms with van der Waals surface area (Å²) in [6, 6.07) is 3.00. The highest BCUT2D eigenvalue weighted by atomic mass is 32.2. The van der Waals surface area contributed by atoms with E-state index in [9.17, 15) is 13.2 Å². The minimum Gasteiger partial charge on any atom is -0.383 e. The molecular weight excluding hydrogens is 280 g/mol. The Morgan fingerprint density at radius 2 is 2.05 bits per heavy atom. The Hall–Kier alpha value is -1.67. The summed E-state index contributed by atoms with van der Waals surface area (Å²) < 4.78 is 26.3. The zero-order valence-corrected chi connectivity index (χ0v) is 11.8. The number of sulfonamides is 1. The van der Waals surface area contributed by atoms with Crippen LogP contribution in [0.3, 0.4) is 0 Å². The summed E-state index contributed by atoms with van der Waals surface area (Å²) in [6.07, 6.45) is 3.01. The molecule has 2 heterocycles. The molecule has 1 aromatic heterocycles. The van der Waals surface area contributed by atoms with Crippen molar-refractivity contribution in [2.24, 2.45) is 11.7 Å². The van der Waals surface area contributed by atoms with Gasteiger partial charge in [-0.15, -0.1) is 0 Å². The van der Waals surface area contributed by atoms with Gasteiger partial charge in [0.05, 0.1) is 0 Å². The van der Waals surface area contributed by atoms with Crippen molar-refractivity contribution in [3.05, 3.63) is 18.3 Å². The van der Waals surface area contributed by atoms with Crippen molar-refractivity contribution in [1.82, 2.24) is 9.29 Å². The van der Waals surface area contributed by atoms with Crippen LogP contribution in [0.5, 0.6) is 0 Å². The van der Waals surface area contributed by atoms with Gasteiger partial charge >= 0.3 is 0 Å². The highest BCUT2D eigenvalue weighted by molar-refractivity contribution is 7.89. The number of nitrogen functional groups attached to an aromatic ring is 1. The molecule has 1 fully saturated rings. The standard InChI is InChI=1S/C12H18N4O3S/c13-11(17)8-9-3-6-16(7-4-9)20(18,19)10-2-1-5-15-12(10)14/h1-2,5,9H,3-4,6-8H2,(H2,13,17)(H2,14,15). The van der Waals surface area contributed by atoms with Crippen LogP contribution in [0.2, 0.25) is 0 Å². The first kappa shape index (κ1) is 14.7. The van der Waals surface area contributed by atoms with Crippen LogP contribution < -0.4 is 11.5 Å². The minimum atomic E-state index is -3.61. The van der Waals surface area contributed by atoms with Crippen LogP contribution in [0, 0.1) is 5.92 Å². The molecule has 7 nitrogen and oxygen atoms in total. The molecule has 0 radical (unpaired) electrons. The molecule has 0 aromatic carbocycles. The highest BCUT2D eigenvalue weighted by Crippen LogP contribution is 2.27. The van der Waals surface area contributed by atoms with E-state index in [0.29, 0.717) is 32.4 Å². The molecule has 4 N–H and O–H groups in total. The Balaban J connectivity index is 2.10. The molecule has 0 atom stereocenters. The number of amides is 1. The largest absolute Gasteiger partial charge is 0.383 e. The number of nitrogens with two attached hydrogens (primary N) is 2. The Bertz CT molecular complexity index is 594. The maximum absolute atomic E-state index is 12.5. The van der Waals surface area contributed by atoms with Gasteiger partial charge in [0.1, 0.15) is 10.7 Å². The number of hydrogen-bond acceptors (Lipinski definition) is 5. The fourth-order valence-electron chi connectivity index (χ4n) is 2.40. The number of piperidine rings is 1. The van der Waals surface area contributed by atoms with Crippen LogP contribution in [0.25, 0.3) is 0 Å². The van der Waals surface area contributed by atoms with Gasteiger partial charge in [-0.1, -0.05) is 0 Å². The van der Waals surface area contributed by atoms with E-state index in [-0.39, 0.29) is 22.5 Å². The van der Waals surface area contributed by atoms with E-state index in [2.05, 4.69) is 4.98 Å². The van der Waals surface area contributed by atoms with E-state index in [1.54, 1.807) is 6.07 Å². The maximum Gasteiger partial charge on any atom is 0.246 e. The first-order valence-electron chi connectivity index (χ1n) is 6.40. The summed E-state index contributed by atoms with van der Waals surface area (Å²) in [5.41, 5.74) is 10.8. The normalized spacial score (nSPS) is 18.0. The second-order valence-corrected chi connectivity index (χ2v) is 6.81. The van der Waals surface area contributed by atoms with E-state index in [1.165, 1.54) is 16.6 Å². The van der Waals surface area contributed by atoms with Crippen LogP contribution in [0.15, 0.2) is 23.2 Å². The predicted octanol–water partition coefficient (Wildman–Crippen LogP) is -0.0601. The van der Waals surface area contributed by atoms with E-state index in [4.69, 9.17) is 11.5 Å². The number of primary amides is 1. The smallest absolute Gasteiger partial charge is 0.246 e. The van der Waals surface area contributed by atoms with Gasteiger partial charge in [0.2, 0.25) is 15.9 Å². The third-order valence-electron chi connectivity index (χ3n) is 3.48. The van der Waals surface area contributed by atoms with E-state index in [0.717, 1.165) is 0 Å². The molecule has 20 heavy (non-hydrogen) atoms. The molecule has 110 valence electrons. The lowest BCUT2D eigenvalue weighted by Gasteiger charge is -2.30. The second kappa shape index (κ2) is 5.76. The number of pyridine rings is 1. The number of rotatable bonds is 4. The van der Waals surface area contributed by atoms with Crippen LogP contribution in [-0.2, 0) is 14.8 Å². The Kier molecular flexibility index (Phi) is 4.24. The van der Waals surface area contributed by atoms with Crippen molar-refractivity contribution in [2.75, 3.05) is 18.8 Å². The summed E-state index contributed by atoms with van der Waals surface area (Å²) in [5, 5.41) is 0. The molecular formula is C12H18N4O3S. The summed E-state index contributed by atoms with van der Waals surface area (Å²) in [7, 11) is -3.61. The van der Waals surface area contributed by atoms with Crippen molar-refractivity contribution in [3.63, 3.8) is 0 Å². The van der Waals surface area contributed by atoms with Gasteiger partial charge in [-0.25, -0.2) is 13.4 Å². The van der Waals surface area contributed by atoms with Crippen molar-refractivity contribution in [3.8, 4) is 0 Å². The van der Waals surface area contributed by atoms with Gasteiger partial charge in [0.25, 0.3) is 0 Å². The van der Waals surface area contributed by atoms with Crippen molar-refractivity contribution in [1.29, 1.82) is 0 Å². The van der Waals surface area contributed by atoms with Gasteiger partial charge < -0.3 is 11.5 Å². The van der Waals surface area contributed by atoms with Crippen molar-refractivity contribution in [2.45, 2.75) is 24.2 Å². The first-order chi connectivity index (χ1) is 9.41. The molecule has 1 aliphatic heterocycles. The van der Waals surface area contributed by atoms with Crippen LogP contribution in [0.1, 0.15) is 19.3 Å². The molecule has 1 aliphatic rings. The highest BCUT2D eigenvalue weighted by Gasteiger charge is 2.31. The number of carbonyl (C=O) groups excluding carboxylic acids is 1. The fourth-order valence-corrected chi connectivity index (χ4v) is 3.94. The van der Waals surface area contributed by atoms with Gasteiger partial charge in [-0.3, -0.25) is 4.79 Å². The quantitative estimate of drug-likeness (QED) is 0.807. The number of carbonyl (C=O) groups is 1. The lowest BCUT2D eigenvalue weighted by Crippen LogP contribution is -2.39. The summed E-state index contributed by atoms with van der Waals surface area (Å²) in [4.78, 5) is 14.7. The van der Waals surface area contributed by atoms with Crippen molar-refractivity contribution >= 4 is 21.7 Å². The van der Waals surface area contributed by atoms with Gasteiger partial charge in [0.15, 0.2) is 0 Å². The van der Waals surface area contributed by atoms with Crippen LogP contribution in [0.4, 0.5) is 5.82 Å². The Morgan fingerprint density at radius 3 is 2.60 bits per heavy atom. The van der Waals surface area contributed by atoms with Crippen LogP contribution in [-0.4, -0.2) is 36.7 Å². The molecule has 0 saturated carbocycles. The molecule has 0 bridgehead atoms. The molecule has 2 rings (SSSR count). The van der Waals surface area contributed by atoms with Gasteiger partial charge in [-0.2, -0.15) is 4.31 Å². The van der Waals surface area contributed by atoms with Crippen molar-refractivity contribution < 1.29 is 13.2 Å². The third kappa shape index (κ3) is 3.07. The van der Waals surface area contributed by atoms with E-state index < -0.39 is 10.0 Å². The zero-order valence-electron chi connectivity index (χ0n) is 11.0. The number of hydrogen-bond donors (Lipinski definition) is 2. The SMILES string of the molecule is NC(=O)CC1CCN(S(=O)(=O)c2cccnc2N)CC1. The molecule has 8 heteroatoms. The molecule has 0 spiro atoms. The minimum absolute atomic E-state index is 0.00626. The molecule has 1 saturated heterocycles. The number of nitrogens with zero attached hydrogens (tertiary/aromatic N) is 2. The van der Waals surface area contributed by atoms with E-state index >= 15 is 0 Å². The summed E-state index contributed by atoms with van der Waals surface area (Å²) in [5.74, 6) is -0.181. The molecule has 0 aliphatic carbocycles. The lowest BCUT2D eigenvalue weighted by atomic mass is 9.94. The lowest BCUT2D eigenvalue weighted by molar-refractivity contribution is -0.119. The predicted molar refractivity (Wildman–Crippen MR) is 73.9 cm³/mol. The molecule has 0 unspecified atom stereocenters. The fraction of sp³-hybridized carbons (Fsp3) is 0.500. The average Bonchev–Trinajstić information content (AvgIpc) is 2.39. The second-order valence-electron chi connectivity index (χ2n) is 4.90. The van der Waals surface area contributed by atoms with Gasteiger partial charge in [-0.05, 0) is 30.9 Å². The molecule has 1 aromatic rings. The monoisotopic (exact) mass is 298 g/mol. The Labute approximate surface area is 118 Å². The first-order valence-corrected chi connectivity index (χ1v) is 7.84. The number of anilines is 1. The van der Waals surface area contributed by atoms with E-state index in [1.807, 2.05) is 0 Å². The van der Waals surface area contributed by atoms with Gasteiger partial charge in [0, 0.05) is 25.7 Å².